The first-order valence-corrected chi connectivity index (χ1v) is 13.2. The summed E-state index contributed by atoms with van der Waals surface area (Å²) in [7, 11) is 2.16. The van der Waals surface area contributed by atoms with Crippen molar-refractivity contribution in [2.24, 2.45) is 5.41 Å². The number of likely N-dealkylation sites (N-methyl/N-ethyl adjacent to an activating group) is 1. The van der Waals surface area contributed by atoms with E-state index in [1.807, 2.05) is 18.6 Å². The second kappa shape index (κ2) is 11.2. The van der Waals surface area contributed by atoms with E-state index in [0.717, 1.165) is 84.2 Å². The van der Waals surface area contributed by atoms with Crippen LogP contribution >= 0.6 is 0 Å². The molecule has 0 atom stereocenters. The lowest BCUT2D eigenvalue weighted by atomic mass is 9.77. The fourth-order valence-corrected chi connectivity index (χ4v) is 4.83. The third-order valence-corrected chi connectivity index (χ3v) is 7.34. The molecule has 37 heavy (non-hydrogen) atoms. The Hall–Kier alpha value is -3.58. The first-order chi connectivity index (χ1) is 17.7. The average Bonchev–Trinajstić information content (AvgIpc) is 3.31. The number of fused-ring (bicyclic) bond motifs is 1. The van der Waals surface area contributed by atoms with Gasteiger partial charge in [-0.05, 0) is 44.2 Å². The Balaban J connectivity index is 1.53. The fourth-order valence-electron chi connectivity index (χ4n) is 4.83. The highest BCUT2D eigenvalue weighted by molar-refractivity contribution is 5.94. The highest BCUT2D eigenvalue weighted by atomic mass is 15.3. The van der Waals surface area contributed by atoms with E-state index in [0.29, 0.717) is 0 Å². The normalized spacial score (nSPS) is 15.2. The van der Waals surface area contributed by atoms with Crippen LogP contribution in [0.5, 0.6) is 0 Å². The third-order valence-electron chi connectivity index (χ3n) is 7.34. The third kappa shape index (κ3) is 5.72. The van der Waals surface area contributed by atoms with Crippen LogP contribution < -0.4 is 15.5 Å². The van der Waals surface area contributed by atoms with Gasteiger partial charge in [-0.15, -0.1) is 0 Å². The highest BCUT2D eigenvalue weighted by Gasteiger charge is 2.29. The smallest absolute Gasteiger partial charge is 0.137 e. The molecule has 1 aliphatic heterocycles. The van der Waals surface area contributed by atoms with Gasteiger partial charge in [-0.3, -0.25) is 0 Å². The van der Waals surface area contributed by atoms with E-state index in [1.54, 1.807) is 0 Å². The molecule has 196 valence electrons. The fraction of sp³-hybridized carbons (Fsp3) is 0.400. The number of piperazine rings is 1. The summed E-state index contributed by atoms with van der Waals surface area (Å²) in [5.41, 5.74) is 6.58. The van der Waals surface area contributed by atoms with Gasteiger partial charge in [0, 0.05) is 78.4 Å². The van der Waals surface area contributed by atoms with E-state index < -0.39 is 0 Å². The molecule has 1 saturated heterocycles. The summed E-state index contributed by atoms with van der Waals surface area (Å²) in [4.78, 5) is 17.4. The Bertz CT molecular complexity index is 1280. The summed E-state index contributed by atoms with van der Waals surface area (Å²) in [6.45, 7) is 22.3. The van der Waals surface area contributed by atoms with Crippen LogP contribution in [0.1, 0.15) is 45.2 Å². The van der Waals surface area contributed by atoms with E-state index >= 15 is 0 Å². The van der Waals surface area contributed by atoms with Crippen LogP contribution in [0.15, 0.2) is 61.7 Å². The largest absolute Gasteiger partial charge is 0.388 e. The van der Waals surface area contributed by atoms with Gasteiger partial charge in [-0.25, -0.2) is 9.97 Å². The molecule has 3 N–H and O–H groups in total. The predicted molar refractivity (Wildman–Crippen MR) is 158 cm³/mol. The van der Waals surface area contributed by atoms with Crippen molar-refractivity contribution in [3.63, 3.8) is 0 Å². The van der Waals surface area contributed by atoms with E-state index in [-0.39, 0.29) is 5.41 Å². The molecule has 0 saturated carbocycles. The molecule has 3 aromatic heterocycles. The molecule has 0 aliphatic carbocycles. The van der Waals surface area contributed by atoms with Crippen molar-refractivity contribution in [2.75, 3.05) is 50.0 Å². The average molecular weight is 500 g/mol. The zero-order valence-electron chi connectivity index (χ0n) is 23.0. The maximum atomic E-state index is 4.69. The molecule has 4 rings (SSSR count). The molecule has 0 aromatic carbocycles. The highest BCUT2D eigenvalue weighted by Crippen LogP contribution is 2.41. The van der Waals surface area contributed by atoms with Gasteiger partial charge in [0.1, 0.15) is 11.5 Å². The second-order valence-electron chi connectivity index (χ2n) is 10.4. The van der Waals surface area contributed by atoms with Crippen molar-refractivity contribution in [2.45, 2.75) is 34.1 Å². The molecular weight excluding hydrogens is 458 g/mol. The number of aromatic nitrogens is 3. The number of hydrogen-bond donors (Lipinski definition) is 3. The van der Waals surface area contributed by atoms with Crippen molar-refractivity contribution < 1.29 is 0 Å². The Morgan fingerprint density at radius 2 is 1.89 bits per heavy atom. The molecule has 0 spiro atoms. The summed E-state index contributed by atoms with van der Waals surface area (Å²) >= 11 is 0. The lowest BCUT2D eigenvalue weighted by molar-refractivity contribution is 0.312. The van der Waals surface area contributed by atoms with Gasteiger partial charge in [0.05, 0.1) is 11.9 Å². The van der Waals surface area contributed by atoms with Crippen LogP contribution in [-0.4, -0.2) is 59.6 Å². The van der Waals surface area contributed by atoms with Crippen molar-refractivity contribution >= 4 is 33.8 Å². The van der Waals surface area contributed by atoms with Gasteiger partial charge >= 0.3 is 0 Å². The Kier molecular flexibility index (Phi) is 8.03. The number of nitrogens with one attached hydrogen (secondary N) is 3. The lowest BCUT2D eigenvalue weighted by Gasteiger charge is -2.33. The molecule has 0 amide bonds. The lowest BCUT2D eigenvalue weighted by Crippen LogP contribution is -2.44. The summed E-state index contributed by atoms with van der Waals surface area (Å²) < 4.78 is 0. The minimum atomic E-state index is -0.249. The topological polar surface area (TPSA) is 72.1 Å². The van der Waals surface area contributed by atoms with E-state index in [9.17, 15) is 0 Å². The first-order valence-electron chi connectivity index (χ1n) is 13.2. The molecule has 0 bridgehead atoms. The van der Waals surface area contributed by atoms with Gasteiger partial charge in [-0.2, -0.15) is 0 Å². The minimum Gasteiger partial charge on any atom is -0.388 e. The Morgan fingerprint density at radius 3 is 2.54 bits per heavy atom. The van der Waals surface area contributed by atoms with Gasteiger partial charge in [0.25, 0.3) is 0 Å². The number of rotatable bonds is 10. The van der Waals surface area contributed by atoms with Crippen molar-refractivity contribution in [1.29, 1.82) is 0 Å². The number of anilines is 2. The van der Waals surface area contributed by atoms with Crippen molar-refractivity contribution in [1.82, 2.24) is 25.2 Å². The van der Waals surface area contributed by atoms with Crippen LogP contribution in [-0.2, 0) is 0 Å². The number of hydrogen-bond acceptors (Lipinski definition) is 6. The Morgan fingerprint density at radius 1 is 1.14 bits per heavy atom. The molecule has 7 nitrogen and oxygen atoms in total. The molecule has 0 unspecified atom stereocenters. The molecule has 4 heterocycles. The molecule has 3 aromatic rings. The maximum absolute atomic E-state index is 4.69. The zero-order valence-corrected chi connectivity index (χ0v) is 23.0. The molecule has 1 aliphatic rings. The first kappa shape index (κ1) is 26.5. The van der Waals surface area contributed by atoms with Crippen LogP contribution in [0.2, 0.25) is 0 Å². The minimum absolute atomic E-state index is 0.249. The number of nitrogens with zero attached hydrogens (tertiary/aromatic N) is 4. The number of allylic oxidation sites excluding steroid dienone is 2. The van der Waals surface area contributed by atoms with E-state index in [4.69, 9.17) is 9.97 Å². The zero-order chi connectivity index (χ0) is 26.6. The standard InChI is InChI=1S/C30H41N7/c1-8-12-31-22(4)30(5,6)27(9-2)26-20-34-29-25(26)17-23(18-33-29)21(3)35-24-10-11-28(32-19-24)37-15-13-36(7)14-16-37/h9-11,17-20,31,35H,3-4,8,12-16H2,1-2,5-7H3,(H,33,34)/b27-9-. The summed E-state index contributed by atoms with van der Waals surface area (Å²) in [5.74, 6) is 1.01. The molecule has 1 fully saturated rings. The van der Waals surface area contributed by atoms with Crippen molar-refractivity contribution in [3.8, 4) is 0 Å². The van der Waals surface area contributed by atoms with Gasteiger partial charge in [0.2, 0.25) is 0 Å². The summed E-state index contributed by atoms with van der Waals surface area (Å²) in [6.07, 6.45) is 9.01. The summed E-state index contributed by atoms with van der Waals surface area (Å²) in [6, 6.07) is 6.29. The Labute approximate surface area is 221 Å². The molecule has 0 radical (unpaired) electrons. The predicted octanol–water partition coefficient (Wildman–Crippen LogP) is 5.74. The van der Waals surface area contributed by atoms with Gasteiger partial charge in [0.15, 0.2) is 0 Å². The van der Waals surface area contributed by atoms with E-state index in [2.05, 4.69) is 97.6 Å². The number of H-pyrrole nitrogens is 1. The van der Waals surface area contributed by atoms with Gasteiger partial charge in [-0.1, -0.05) is 40.0 Å². The molecular formula is C30H41N7. The van der Waals surface area contributed by atoms with Gasteiger partial charge < -0.3 is 25.4 Å². The van der Waals surface area contributed by atoms with Crippen LogP contribution in [0.3, 0.4) is 0 Å². The van der Waals surface area contributed by atoms with Crippen molar-refractivity contribution in [3.05, 3.63) is 72.8 Å². The maximum Gasteiger partial charge on any atom is 0.137 e. The second-order valence-corrected chi connectivity index (χ2v) is 10.4. The van der Waals surface area contributed by atoms with E-state index in [1.165, 1.54) is 5.57 Å². The number of aromatic amines is 1. The van der Waals surface area contributed by atoms with Crippen LogP contribution in [0.4, 0.5) is 11.5 Å². The van der Waals surface area contributed by atoms with Crippen LogP contribution in [0, 0.1) is 5.41 Å². The quantitative estimate of drug-likeness (QED) is 0.331. The van der Waals surface area contributed by atoms with Crippen LogP contribution in [0.25, 0.3) is 22.3 Å². The monoisotopic (exact) mass is 499 g/mol. The summed E-state index contributed by atoms with van der Waals surface area (Å²) in [5, 5.41) is 7.96. The number of pyridine rings is 2. The molecule has 7 heteroatoms. The SMILES string of the molecule is C=C(Nc1ccc(N2CCN(C)CC2)nc1)c1cnc2[nH]cc(/C(=C/C)C(C)(C)C(=C)NCCC)c2c1.